The van der Waals surface area contributed by atoms with E-state index in [1.54, 1.807) is 0 Å². The van der Waals surface area contributed by atoms with E-state index in [9.17, 15) is 4.79 Å². The molecule has 0 aromatic rings. The van der Waals surface area contributed by atoms with Gasteiger partial charge < -0.3 is 24.0 Å². The van der Waals surface area contributed by atoms with Crippen LogP contribution in [-0.2, 0) is 19.0 Å². The van der Waals surface area contributed by atoms with Crippen molar-refractivity contribution in [1.29, 1.82) is 0 Å². The number of amides is 1. The maximum atomic E-state index is 12.2. The highest BCUT2D eigenvalue weighted by Gasteiger charge is 2.43. The predicted molar refractivity (Wildman–Crippen MR) is 91.0 cm³/mol. The van der Waals surface area contributed by atoms with Crippen LogP contribution in [0.3, 0.4) is 0 Å². The number of nitrogens with zero attached hydrogens (tertiary/aromatic N) is 2. The number of ether oxygens (including phenoxy) is 3. The van der Waals surface area contributed by atoms with Crippen LogP contribution in [0.15, 0.2) is 0 Å². The van der Waals surface area contributed by atoms with E-state index in [1.165, 1.54) is 0 Å². The van der Waals surface area contributed by atoms with Crippen LogP contribution in [-0.4, -0.2) is 87.6 Å². The van der Waals surface area contributed by atoms with Gasteiger partial charge in [-0.3, -0.25) is 4.79 Å². The summed E-state index contributed by atoms with van der Waals surface area (Å²) < 4.78 is 17.7. The lowest BCUT2D eigenvalue weighted by Gasteiger charge is -2.39. The first-order valence-electron chi connectivity index (χ1n) is 9.32. The molecule has 3 saturated heterocycles. The summed E-state index contributed by atoms with van der Waals surface area (Å²) in [6.45, 7) is 5.38. The van der Waals surface area contributed by atoms with Gasteiger partial charge in [0.1, 0.15) is 0 Å². The Hall–Kier alpha value is -0.690. The van der Waals surface area contributed by atoms with Crippen LogP contribution in [0.1, 0.15) is 32.1 Å². The van der Waals surface area contributed by atoms with E-state index < -0.39 is 0 Å². The van der Waals surface area contributed by atoms with Crippen molar-refractivity contribution < 1.29 is 19.0 Å². The third-order valence-corrected chi connectivity index (χ3v) is 5.56. The Labute approximate surface area is 145 Å². The molecular formula is C18H32N2O4. The average Bonchev–Trinajstić information content (AvgIpc) is 2.97. The first-order chi connectivity index (χ1) is 11.6. The molecule has 0 unspecified atom stereocenters. The first kappa shape index (κ1) is 18.1. The second kappa shape index (κ2) is 8.13. The SMILES string of the molecule is CN(C)CC(=O)N1CCC2(CC1)C[C@H](OCC1CCOCC1)CO2. The summed E-state index contributed by atoms with van der Waals surface area (Å²) in [6.07, 6.45) is 5.29. The van der Waals surface area contributed by atoms with Gasteiger partial charge in [-0.2, -0.15) is 0 Å². The third kappa shape index (κ3) is 4.69. The summed E-state index contributed by atoms with van der Waals surface area (Å²) in [5.74, 6) is 0.862. The molecule has 0 saturated carbocycles. The number of hydrogen-bond acceptors (Lipinski definition) is 5. The van der Waals surface area contributed by atoms with E-state index in [0.29, 0.717) is 19.1 Å². The highest BCUT2D eigenvalue weighted by Crippen LogP contribution is 2.37. The predicted octanol–water partition coefficient (Wildman–Crippen LogP) is 1.14. The molecule has 3 heterocycles. The molecule has 1 atom stereocenters. The van der Waals surface area contributed by atoms with E-state index >= 15 is 0 Å². The maximum absolute atomic E-state index is 12.2. The molecule has 0 N–H and O–H groups in total. The second-order valence-corrected chi connectivity index (χ2v) is 7.83. The molecule has 0 bridgehead atoms. The van der Waals surface area contributed by atoms with Crippen LogP contribution in [0.2, 0.25) is 0 Å². The molecule has 3 aliphatic rings. The molecule has 0 radical (unpaired) electrons. The fraction of sp³-hybridized carbons (Fsp3) is 0.944. The van der Waals surface area contributed by atoms with Crippen molar-refractivity contribution in [1.82, 2.24) is 9.80 Å². The minimum atomic E-state index is -0.0603. The maximum Gasteiger partial charge on any atom is 0.236 e. The Balaban J connectivity index is 1.40. The van der Waals surface area contributed by atoms with Crippen molar-refractivity contribution in [2.75, 3.05) is 60.2 Å². The van der Waals surface area contributed by atoms with Crippen LogP contribution in [0.4, 0.5) is 0 Å². The topological polar surface area (TPSA) is 51.2 Å². The lowest BCUT2D eigenvalue weighted by molar-refractivity contribution is -0.136. The Morgan fingerprint density at radius 2 is 1.96 bits per heavy atom. The number of carbonyl (C=O) groups excluding carboxylic acids is 1. The normalized spacial score (nSPS) is 28.0. The van der Waals surface area contributed by atoms with Gasteiger partial charge in [0.2, 0.25) is 5.91 Å². The summed E-state index contributed by atoms with van der Waals surface area (Å²) in [7, 11) is 3.87. The molecule has 0 aromatic carbocycles. The van der Waals surface area contributed by atoms with Gasteiger partial charge in [0, 0.05) is 32.7 Å². The lowest BCUT2D eigenvalue weighted by atomic mass is 9.88. The molecule has 3 rings (SSSR count). The zero-order valence-corrected chi connectivity index (χ0v) is 15.2. The average molecular weight is 340 g/mol. The monoisotopic (exact) mass is 340 g/mol. The van der Waals surface area contributed by atoms with Crippen molar-refractivity contribution >= 4 is 5.91 Å². The van der Waals surface area contributed by atoms with Crippen LogP contribution in [0.5, 0.6) is 0 Å². The molecule has 3 aliphatic heterocycles. The van der Waals surface area contributed by atoms with Crippen molar-refractivity contribution in [3.8, 4) is 0 Å². The van der Waals surface area contributed by atoms with Gasteiger partial charge in [0.15, 0.2) is 0 Å². The lowest BCUT2D eigenvalue weighted by Crippen LogP contribution is -2.48. The highest BCUT2D eigenvalue weighted by molar-refractivity contribution is 5.78. The van der Waals surface area contributed by atoms with Gasteiger partial charge in [-0.1, -0.05) is 0 Å². The molecule has 6 nitrogen and oxygen atoms in total. The molecule has 1 amide bonds. The first-order valence-corrected chi connectivity index (χ1v) is 9.32. The van der Waals surface area contributed by atoms with Crippen LogP contribution in [0.25, 0.3) is 0 Å². The number of likely N-dealkylation sites (tertiary alicyclic amines) is 1. The van der Waals surface area contributed by atoms with E-state index in [0.717, 1.165) is 65.0 Å². The summed E-state index contributed by atoms with van der Waals surface area (Å²) in [5, 5.41) is 0. The van der Waals surface area contributed by atoms with Crippen molar-refractivity contribution in [2.24, 2.45) is 5.92 Å². The zero-order chi connectivity index (χ0) is 17.0. The Morgan fingerprint density at radius 1 is 1.25 bits per heavy atom. The van der Waals surface area contributed by atoms with Gasteiger partial charge in [0.25, 0.3) is 0 Å². The molecule has 24 heavy (non-hydrogen) atoms. The minimum Gasteiger partial charge on any atom is -0.381 e. The fourth-order valence-electron chi connectivity index (χ4n) is 3.98. The number of piperidine rings is 1. The fourth-order valence-corrected chi connectivity index (χ4v) is 3.98. The third-order valence-electron chi connectivity index (χ3n) is 5.56. The van der Waals surface area contributed by atoms with Gasteiger partial charge in [-0.15, -0.1) is 0 Å². The Bertz CT molecular complexity index is 415. The molecule has 3 fully saturated rings. The van der Waals surface area contributed by atoms with Crippen molar-refractivity contribution in [3.05, 3.63) is 0 Å². The second-order valence-electron chi connectivity index (χ2n) is 7.83. The highest BCUT2D eigenvalue weighted by atomic mass is 16.6. The summed E-state index contributed by atoms with van der Waals surface area (Å²) in [6, 6.07) is 0. The van der Waals surface area contributed by atoms with E-state index in [4.69, 9.17) is 14.2 Å². The van der Waals surface area contributed by atoms with Gasteiger partial charge in [-0.25, -0.2) is 0 Å². The molecule has 0 aromatic heterocycles. The quantitative estimate of drug-likeness (QED) is 0.751. The van der Waals surface area contributed by atoms with E-state index in [-0.39, 0.29) is 17.6 Å². The van der Waals surface area contributed by atoms with E-state index in [1.807, 2.05) is 23.9 Å². The molecular weight excluding hydrogens is 308 g/mol. The number of carbonyl (C=O) groups is 1. The van der Waals surface area contributed by atoms with E-state index in [2.05, 4.69) is 0 Å². The molecule has 6 heteroatoms. The number of rotatable bonds is 5. The molecule has 1 spiro atoms. The molecule has 0 aliphatic carbocycles. The smallest absolute Gasteiger partial charge is 0.236 e. The Kier molecular flexibility index (Phi) is 6.13. The van der Waals surface area contributed by atoms with Crippen molar-refractivity contribution in [2.45, 2.75) is 43.8 Å². The van der Waals surface area contributed by atoms with Crippen LogP contribution < -0.4 is 0 Å². The van der Waals surface area contributed by atoms with Gasteiger partial charge >= 0.3 is 0 Å². The minimum absolute atomic E-state index is 0.0603. The van der Waals surface area contributed by atoms with Gasteiger partial charge in [0.05, 0.1) is 31.5 Å². The van der Waals surface area contributed by atoms with Crippen molar-refractivity contribution in [3.63, 3.8) is 0 Å². The summed E-state index contributed by atoms with van der Waals surface area (Å²) in [5.41, 5.74) is -0.0603. The van der Waals surface area contributed by atoms with Crippen LogP contribution >= 0.6 is 0 Å². The Morgan fingerprint density at radius 3 is 2.62 bits per heavy atom. The summed E-state index contributed by atoms with van der Waals surface area (Å²) in [4.78, 5) is 16.1. The zero-order valence-electron chi connectivity index (χ0n) is 15.2. The van der Waals surface area contributed by atoms with Crippen LogP contribution in [0, 0.1) is 5.92 Å². The number of hydrogen-bond donors (Lipinski definition) is 0. The summed E-state index contributed by atoms with van der Waals surface area (Å²) >= 11 is 0. The standard InChI is InChI=1S/C18H32N2O4/c1-19(2)12-17(21)20-7-5-18(6-8-20)11-16(14-24-18)23-13-15-3-9-22-10-4-15/h15-16H,3-14H2,1-2H3/t16-/m0/s1. The molecule has 138 valence electrons. The largest absolute Gasteiger partial charge is 0.381 e. The number of likely N-dealkylation sites (N-methyl/N-ethyl adjacent to an activating group) is 1. The van der Waals surface area contributed by atoms with Gasteiger partial charge in [-0.05, 0) is 45.7 Å².